The third-order valence-electron chi connectivity index (χ3n) is 1.72. The van der Waals surface area contributed by atoms with Crippen molar-refractivity contribution in [3.63, 3.8) is 0 Å². The Morgan fingerprint density at radius 2 is 1.83 bits per heavy atom. The molecule has 0 radical (unpaired) electrons. The molecule has 0 saturated heterocycles. The molecule has 1 aromatic carbocycles. The lowest BCUT2D eigenvalue weighted by atomic mass is 10.1. The number of rotatable bonds is 1. The summed E-state index contributed by atoms with van der Waals surface area (Å²) < 4.78 is 0. The molecule has 0 bridgehead atoms. The van der Waals surface area contributed by atoms with Gasteiger partial charge in [0.25, 0.3) is 5.24 Å². The van der Waals surface area contributed by atoms with Crippen LogP contribution in [0.1, 0.15) is 21.5 Å². The molecule has 64 valence electrons. The predicted molar refractivity (Wildman–Crippen MR) is 51.1 cm³/mol. The van der Waals surface area contributed by atoms with E-state index in [4.69, 9.17) is 23.2 Å². The van der Waals surface area contributed by atoms with E-state index in [2.05, 4.69) is 0 Å². The van der Waals surface area contributed by atoms with E-state index in [0.29, 0.717) is 10.6 Å². The average molecular weight is 203 g/mol. The Labute approximate surface area is 81.3 Å². The molecule has 0 atom stereocenters. The lowest BCUT2D eigenvalue weighted by Crippen LogP contribution is -1.94. The van der Waals surface area contributed by atoms with Crippen molar-refractivity contribution in [1.29, 1.82) is 0 Å². The zero-order valence-corrected chi connectivity index (χ0v) is 8.33. The lowest BCUT2D eigenvalue weighted by Gasteiger charge is -2.03. The number of aryl methyl sites for hydroxylation is 2. The topological polar surface area (TPSA) is 17.1 Å². The Hall–Kier alpha value is -0.530. The van der Waals surface area contributed by atoms with Gasteiger partial charge >= 0.3 is 0 Å². The molecule has 0 spiro atoms. The summed E-state index contributed by atoms with van der Waals surface area (Å²) in [6, 6.07) is 3.44. The second kappa shape index (κ2) is 3.46. The Morgan fingerprint density at radius 1 is 1.25 bits per heavy atom. The molecule has 1 aromatic rings. The lowest BCUT2D eigenvalue weighted by molar-refractivity contribution is 0.108. The van der Waals surface area contributed by atoms with Crippen LogP contribution < -0.4 is 0 Å². The van der Waals surface area contributed by atoms with Crippen LogP contribution in [0.5, 0.6) is 0 Å². The molecule has 0 fully saturated rings. The van der Waals surface area contributed by atoms with Crippen molar-refractivity contribution in [1.82, 2.24) is 0 Å². The van der Waals surface area contributed by atoms with Gasteiger partial charge in [-0.2, -0.15) is 0 Å². The SMILES string of the molecule is Cc1cc(C)c(C(=O)Cl)cc1Cl. The first-order valence-electron chi connectivity index (χ1n) is 3.49. The Balaban J connectivity index is 3.33. The van der Waals surface area contributed by atoms with E-state index in [0.717, 1.165) is 11.1 Å². The fourth-order valence-corrected chi connectivity index (χ4v) is 1.40. The summed E-state index contributed by atoms with van der Waals surface area (Å²) in [7, 11) is 0. The molecule has 0 aromatic heterocycles. The standard InChI is InChI=1S/C9H8Cl2O/c1-5-3-6(2)8(10)4-7(5)9(11)12/h3-4H,1-2H3. The minimum atomic E-state index is -0.464. The van der Waals surface area contributed by atoms with Gasteiger partial charge in [0.1, 0.15) is 0 Å². The van der Waals surface area contributed by atoms with Gasteiger partial charge in [0.15, 0.2) is 0 Å². The molecule has 12 heavy (non-hydrogen) atoms. The van der Waals surface area contributed by atoms with E-state index >= 15 is 0 Å². The fourth-order valence-electron chi connectivity index (χ4n) is 1.04. The number of hydrogen-bond acceptors (Lipinski definition) is 1. The molecule has 1 nitrogen and oxygen atoms in total. The van der Waals surface area contributed by atoms with E-state index in [1.54, 1.807) is 6.07 Å². The molecule has 0 aliphatic rings. The van der Waals surface area contributed by atoms with E-state index in [1.165, 1.54) is 0 Å². The maximum Gasteiger partial charge on any atom is 0.252 e. The van der Waals surface area contributed by atoms with Crippen molar-refractivity contribution >= 4 is 28.4 Å². The normalized spacial score (nSPS) is 10.0. The van der Waals surface area contributed by atoms with E-state index in [-0.39, 0.29) is 0 Å². The van der Waals surface area contributed by atoms with Gasteiger partial charge < -0.3 is 0 Å². The third-order valence-corrected chi connectivity index (χ3v) is 2.33. The van der Waals surface area contributed by atoms with Crippen molar-refractivity contribution in [3.8, 4) is 0 Å². The van der Waals surface area contributed by atoms with Gasteiger partial charge in [0.2, 0.25) is 0 Å². The summed E-state index contributed by atoms with van der Waals surface area (Å²) in [5.41, 5.74) is 2.29. The molecule has 0 unspecified atom stereocenters. The van der Waals surface area contributed by atoms with Gasteiger partial charge in [-0.05, 0) is 42.6 Å². The summed E-state index contributed by atoms with van der Waals surface area (Å²) in [4.78, 5) is 10.8. The highest BCUT2D eigenvalue weighted by atomic mass is 35.5. The average Bonchev–Trinajstić information content (AvgIpc) is 1.96. The zero-order valence-electron chi connectivity index (χ0n) is 6.82. The highest BCUT2D eigenvalue weighted by Crippen LogP contribution is 2.21. The number of hydrogen-bond donors (Lipinski definition) is 0. The number of carbonyl (C=O) groups excluding carboxylic acids is 1. The quantitative estimate of drug-likeness (QED) is 0.639. The first-order valence-corrected chi connectivity index (χ1v) is 4.24. The van der Waals surface area contributed by atoms with Gasteiger partial charge in [0.05, 0.1) is 0 Å². The van der Waals surface area contributed by atoms with E-state index in [1.807, 2.05) is 19.9 Å². The van der Waals surface area contributed by atoms with Gasteiger partial charge in [-0.25, -0.2) is 0 Å². The van der Waals surface area contributed by atoms with Crippen molar-refractivity contribution in [3.05, 3.63) is 33.8 Å². The highest BCUT2D eigenvalue weighted by Gasteiger charge is 2.07. The van der Waals surface area contributed by atoms with Crippen LogP contribution in [-0.2, 0) is 0 Å². The van der Waals surface area contributed by atoms with E-state index in [9.17, 15) is 4.79 Å². The summed E-state index contributed by atoms with van der Waals surface area (Å²) >= 11 is 11.2. The first kappa shape index (κ1) is 9.56. The second-order valence-corrected chi connectivity index (χ2v) is 3.44. The number of carbonyl (C=O) groups is 1. The van der Waals surface area contributed by atoms with Crippen LogP contribution in [0.15, 0.2) is 12.1 Å². The summed E-state index contributed by atoms with van der Waals surface area (Å²) in [6.45, 7) is 3.72. The predicted octanol–water partition coefficient (Wildman–Crippen LogP) is 3.34. The largest absolute Gasteiger partial charge is 0.276 e. The van der Waals surface area contributed by atoms with Crippen LogP contribution in [0.25, 0.3) is 0 Å². The Morgan fingerprint density at radius 3 is 2.33 bits per heavy atom. The first-order chi connectivity index (χ1) is 5.52. The number of benzene rings is 1. The zero-order chi connectivity index (χ0) is 9.30. The molecule has 0 aliphatic carbocycles. The molecule has 1 rings (SSSR count). The van der Waals surface area contributed by atoms with Crippen molar-refractivity contribution in [2.24, 2.45) is 0 Å². The fraction of sp³-hybridized carbons (Fsp3) is 0.222. The van der Waals surface area contributed by atoms with Crippen LogP contribution >= 0.6 is 23.2 Å². The van der Waals surface area contributed by atoms with Crippen LogP contribution in [0.3, 0.4) is 0 Å². The van der Waals surface area contributed by atoms with Gasteiger partial charge in [-0.1, -0.05) is 17.7 Å². The third kappa shape index (κ3) is 1.79. The molecule has 0 heterocycles. The monoisotopic (exact) mass is 202 g/mol. The summed E-state index contributed by atoms with van der Waals surface area (Å²) in [5, 5.41) is 0.110. The molecule has 0 N–H and O–H groups in total. The minimum Gasteiger partial charge on any atom is -0.276 e. The van der Waals surface area contributed by atoms with Gasteiger partial charge in [0, 0.05) is 10.6 Å². The Bertz CT molecular complexity index is 332. The van der Waals surface area contributed by atoms with Crippen molar-refractivity contribution in [2.45, 2.75) is 13.8 Å². The Kier molecular flexibility index (Phi) is 2.76. The maximum absolute atomic E-state index is 10.8. The van der Waals surface area contributed by atoms with Crippen LogP contribution in [0.4, 0.5) is 0 Å². The molecule has 0 saturated carbocycles. The van der Waals surface area contributed by atoms with Gasteiger partial charge in [-0.15, -0.1) is 0 Å². The van der Waals surface area contributed by atoms with Gasteiger partial charge in [-0.3, -0.25) is 4.79 Å². The van der Waals surface area contributed by atoms with Crippen molar-refractivity contribution in [2.75, 3.05) is 0 Å². The van der Waals surface area contributed by atoms with E-state index < -0.39 is 5.24 Å². The summed E-state index contributed by atoms with van der Waals surface area (Å²) in [5.74, 6) is 0. The minimum absolute atomic E-state index is 0.464. The smallest absolute Gasteiger partial charge is 0.252 e. The number of halogens is 2. The summed E-state index contributed by atoms with van der Waals surface area (Å²) in [6.07, 6.45) is 0. The molecule has 0 amide bonds. The van der Waals surface area contributed by atoms with Crippen LogP contribution in [0.2, 0.25) is 5.02 Å². The molecular weight excluding hydrogens is 195 g/mol. The molecule has 0 aliphatic heterocycles. The van der Waals surface area contributed by atoms with Crippen molar-refractivity contribution < 1.29 is 4.79 Å². The van der Waals surface area contributed by atoms with Crippen LogP contribution in [0, 0.1) is 13.8 Å². The van der Waals surface area contributed by atoms with Crippen LogP contribution in [-0.4, -0.2) is 5.24 Å². The second-order valence-electron chi connectivity index (χ2n) is 2.69. The molecule has 3 heteroatoms. The molecular formula is C9H8Cl2O. The highest BCUT2D eigenvalue weighted by molar-refractivity contribution is 6.68. The maximum atomic E-state index is 10.8.